The van der Waals surface area contributed by atoms with Gasteiger partial charge in [-0.15, -0.1) is 0 Å². The maximum absolute atomic E-state index is 12.6. The van der Waals surface area contributed by atoms with Crippen LogP contribution in [-0.4, -0.2) is 27.0 Å². The fourth-order valence-electron chi connectivity index (χ4n) is 2.42. The second kappa shape index (κ2) is 6.59. The maximum atomic E-state index is 12.6. The molecule has 0 amide bonds. The van der Waals surface area contributed by atoms with Gasteiger partial charge in [-0.2, -0.15) is 0 Å². The smallest absolute Gasteiger partial charge is 0.324 e. The number of aryl methyl sites for hydroxylation is 2. The molecule has 0 fully saturated rings. The summed E-state index contributed by atoms with van der Waals surface area (Å²) in [5.41, 5.74) is -0.614. The molecule has 0 radical (unpaired) electrons. The van der Waals surface area contributed by atoms with Crippen LogP contribution in [0.2, 0.25) is 0 Å². The molecule has 0 saturated heterocycles. The Morgan fingerprint density at radius 2 is 1.17 bits per heavy atom. The van der Waals surface area contributed by atoms with Crippen molar-refractivity contribution in [1.82, 2.24) is 0 Å². The summed E-state index contributed by atoms with van der Waals surface area (Å²) in [4.78, 5) is 44.4. The van der Waals surface area contributed by atoms with Crippen molar-refractivity contribution in [2.45, 2.75) is 19.5 Å². The van der Waals surface area contributed by atoms with Crippen molar-refractivity contribution in [1.29, 1.82) is 0 Å². The predicted molar refractivity (Wildman–Crippen MR) is 86.9 cm³/mol. The molecule has 0 aliphatic carbocycles. The maximum Gasteiger partial charge on any atom is 0.344 e. The third-order valence-electron chi connectivity index (χ3n) is 3.65. The number of rotatable bonds is 5. The molecule has 0 unspecified atom stereocenters. The first-order valence-corrected chi connectivity index (χ1v) is 8.66. The lowest BCUT2D eigenvalue weighted by Gasteiger charge is -2.18. The largest absolute Gasteiger partial charge is 0.344 e. The van der Waals surface area contributed by atoms with Gasteiger partial charge in [0.1, 0.15) is 0 Å². The SMILES string of the molecule is Cc1ccccc1C(=O)C(C(=O)c1ccccc1C)P(=O)(O)O. The highest BCUT2D eigenvalue weighted by atomic mass is 31.2. The van der Waals surface area contributed by atoms with Gasteiger partial charge in [0, 0.05) is 11.1 Å². The zero-order chi connectivity index (χ0) is 17.2. The van der Waals surface area contributed by atoms with Crippen LogP contribution in [0.1, 0.15) is 31.8 Å². The molecule has 5 nitrogen and oxygen atoms in total. The highest BCUT2D eigenvalue weighted by molar-refractivity contribution is 7.55. The topological polar surface area (TPSA) is 91.7 Å². The first-order valence-electron chi connectivity index (χ1n) is 6.98. The van der Waals surface area contributed by atoms with Gasteiger partial charge in [0.05, 0.1) is 0 Å². The summed E-state index contributed by atoms with van der Waals surface area (Å²) < 4.78 is 11.8. The summed E-state index contributed by atoms with van der Waals surface area (Å²) in [7, 11) is -4.96. The van der Waals surface area contributed by atoms with Crippen LogP contribution in [0, 0.1) is 13.8 Å². The van der Waals surface area contributed by atoms with E-state index in [1.54, 1.807) is 50.2 Å². The quantitative estimate of drug-likeness (QED) is 0.499. The Labute approximate surface area is 134 Å². The predicted octanol–water partition coefficient (Wildman–Crippen LogP) is 2.92. The third-order valence-corrected chi connectivity index (χ3v) is 4.80. The Morgan fingerprint density at radius 3 is 1.48 bits per heavy atom. The van der Waals surface area contributed by atoms with Crippen molar-refractivity contribution in [2.24, 2.45) is 0 Å². The lowest BCUT2D eigenvalue weighted by Crippen LogP contribution is -2.31. The van der Waals surface area contributed by atoms with Gasteiger partial charge in [-0.1, -0.05) is 48.5 Å². The molecule has 0 aromatic heterocycles. The second-order valence-corrected chi connectivity index (χ2v) is 7.04. The zero-order valence-corrected chi connectivity index (χ0v) is 13.7. The molecule has 2 aromatic rings. The van der Waals surface area contributed by atoms with Gasteiger partial charge >= 0.3 is 7.60 Å². The summed E-state index contributed by atoms with van der Waals surface area (Å²) >= 11 is 0. The Hall–Kier alpha value is -2.07. The van der Waals surface area contributed by atoms with E-state index in [9.17, 15) is 23.9 Å². The highest BCUT2D eigenvalue weighted by Crippen LogP contribution is 2.44. The zero-order valence-electron chi connectivity index (χ0n) is 12.8. The third kappa shape index (κ3) is 3.64. The van der Waals surface area contributed by atoms with Crippen LogP contribution in [0.25, 0.3) is 0 Å². The van der Waals surface area contributed by atoms with E-state index in [1.165, 1.54) is 12.1 Å². The minimum atomic E-state index is -4.96. The molecule has 0 aliphatic heterocycles. The van der Waals surface area contributed by atoms with E-state index in [0.29, 0.717) is 11.1 Å². The summed E-state index contributed by atoms with van der Waals surface area (Å²) in [5.74, 6) is -1.71. The Bertz CT molecular complexity index is 749. The Morgan fingerprint density at radius 1 is 0.826 bits per heavy atom. The van der Waals surface area contributed by atoms with Gasteiger partial charge in [0.2, 0.25) is 0 Å². The van der Waals surface area contributed by atoms with Crippen molar-refractivity contribution in [3.05, 3.63) is 70.8 Å². The summed E-state index contributed by atoms with van der Waals surface area (Å²) in [6, 6.07) is 12.8. The van der Waals surface area contributed by atoms with Gasteiger partial charge in [0.25, 0.3) is 0 Å². The summed E-state index contributed by atoms with van der Waals surface area (Å²) in [5, 5.41) is 0. The average molecular weight is 332 g/mol. The normalized spacial score (nSPS) is 11.5. The first-order chi connectivity index (χ1) is 10.7. The number of ketones is 2. The van der Waals surface area contributed by atoms with Crippen LogP contribution >= 0.6 is 7.60 Å². The van der Waals surface area contributed by atoms with E-state index >= 15 is 0 Å². The summed E-state index contributed by atoms with van der Waals surface area (Å²) in [6.07, 6.45) is 0. The van der Waals surface area contributed by atoms with Crippen molar-refractivity contribution >= 4 is 19.2 Å². The molecule has 0 atom stereocenters. The minimum Gasteiger partial charge on any atom is -0.324 e. The molecule has 6 heteroatoms. The molecular formula is C17H17O5P. The van der Waals surface area contributed by atoms with E-state index in [4.69, 9.17) is 0 Å². The highest BCUT2D eigenvalue weighted by Gasteiger charge is 2.43. The monoisotopic (exact) mass is 332 g/mol. The van der Waals surface area contributed by atoms with Crippen LogP contribution in [0.4, 0.5) is 0 Å². The molecule has 0 heterocycles. The van der Waals surface area contributed by atoms with Gasteiger partial charge in [-0.05, 0) is 25.0 Å². The molecule has 0 aliphatic rings. The van der Waals surface area contributed by atoms with Crippen molar-refractivity contribution in [3.8, 4) is 0 Å². The van der Waals surface area contributed by atoms with Crippen molar-refractivity contribution in [3.63, 3.8) is 0 Å². The van der Waals surface area contributed by atoms with Crippen LogP contribution in [-0.2, 0) is 4.57 Å². The first kappa shape index (κ1) is 17.3. The molecule has 23 heavy (non-hydrogen) atoms. The number of benzene rings is 2. The van der Waals surface area contributed by atoms with Crippen LogP contribution in [0.15, 0.2) is 48.5 Å². The number of carbonyl (C=O) groups is 2. The van der Waals surface area contributed by atoms with Gasteiger partial charge < -0.3 is 9.79 Å². The number of hydrogen-bond acceptors (Lipinski definition) is 3. The van der Waals surface area contributed by atoms with E-state index in [2.05, 4.69) is 0 Å². The second-order valence-electron chi connectivity index (χ2n) is 5.35. The standard InChI is InChI=1S/C17H17O5P/c1-11-7-3-5-9-13(11)15(18)17(23(20,21)22)16(19)14-10-6-4-8-12(14)2/h3-10,17H,1-2H3,(H2,20,21,22). The van der Waals surface area contributed by atoms with E-state index in [1.807, 2.05) is 0 Å². The lowest BCUT2D eigenvalue weighted by atomic mass is 9.96. The number of Topliss-reactive ketones (excluding diaryl/α,β-unsaturated/α-hetero) is 2. The molecular weight excluding hydrogens is 315 g/mol. The van der Waals surface area contributed by atoms with Gasteiger partial charge in [-0.25, -0.2) is 0 Å². The van der Waals surface area contributed by atoms with E-state index in [-0.39, 0.29) is 11.1 Å². The molecule has 2 aromatic carbocycles. The van der Waals surface area contributed by atoms with Gasteiger partial charge in [-0.3, -0.25) is 14.2 Å². The fourth-order valence-corrected chi connectivity index (χ4v) is 3.31. The van der Waals surface area contributed by atoms with E-state index < -0.39 is 24.8 Å². The molecule has 2 rings (SSSR count). The fraction of sp³-hybridized carbons (Fsp3) is 0.176. The molecule has 0 bridgehead atoms. The Kier molecular flexibility index (Phi) is 4.95. The van der Waals surface area contributed by atoms with E-state index in [0.717, 1.165) is 0 Å². The molecule has 120 valence electrons. The number of hydrogen-bond donors (Lipinski definition) is 2. The van der Waals surface area contributed by atoms with Crippen LogP contribution in [0.3, 0.4) is 0 Å². The molecule has 0 saturated carbocycles. The van der Waals surface area contributed by atoms with Crippen LogP contribution in [0.5, 0.6) is 0 Å². The lowest BCUT2D eigenvalue weighted by molar-refractivity contribution is 0.0887. The van der Waals surface area contributed by atoms with Crippen molar-refractivity contribution < 1.29 is 23.9 Å². The summed E-state index contributed by atoms with van der Waals surface area (Å²) in [6.45, 7) is 3.31. The van der Waals surface area contributed by atoms with Crippen LogP contribution < -0.4 is 0 Å². The van der Waals surface area contributed by atoms with Crippen molar-refractivity contribution in [2.75, 3.05) is 0 Å². The van der Waals surface area contributed by atoms with Gasteiger partial charge in [0.15, 0.2) is 17.2 Å². The number of carbonyl (C=O) groups excluding carboxylic acids is 2. The Balaban J connectivity index is 2.54. The molecule has 2 N–H and O–H groups in total. The average Bonchev–Trinajstić information content (AvgIpc) is 2.46. The molecule has 0 spiro atoms. The minimum absolute atomic E-state index is 0.141.